The van der Waals surface area contributed by atoms with Crippen molar-refractivity contribution in [3.8, 4) is 23.7 Å². The molecule has 9 rings (SSSR count). The van der Waals surface area contributed by atoms with Gasteiger partial charge in [0.2, 0.25) is 0 Å². The first kappa shape index (κ1) is 38.8. The molecule has 0 spiro atoms. The molecule has 0 bridgehead atoms. The molecule has 2 aliphatic heterocycles. The number of benzene rings is 7. The number of para-hydroxylation sites is 1. The lowest BCUT2D eigenvalue weighted by atomic mass is 9.91. The van der Waals surface area contributed by atoms with E-state index in [2.05, 4.69) is 40.7 Å². The summed E-state index contributed by atoms with van der Waals surface area (Å²) in [5, 5.41) is 2.93. The third-order valence-electron chi connectivity index (χ3n) is 11.4. The van der Waals surface area contributed by atoms with E-state index in [1.54, 1.807) is 24.3 Å². The molecule has 0 atom stereocenters. The minimum atomic E-state index is -0.250. The van der Waals surface area contributed by atoms with E-state index in [4.69, 9.17) is 0 Å². The van der Waals surface area contributed by atoms with Gasteiger partial charge in [0.15, 0.2) is 0 Å². The predicted molar refractivity (Wildman–Crippen MR) is 242 cm³/mol. The van der Waals surface area contributed by atoms with E-state index in [1.165, 1.54) is 9.80 Å². The number of amides is 4. The minimum Gasteiger partial charge on any atom is -0.311 e. The van der Waals surface area contributed by atoms with E-state index in [0.717, 1.165) is 75.8 Å². The molecule has 7 nitrogen and oxygen atoms in total. The number of hydrogen-bond acceptors (Lipinski definition) is 5. The lowest BCUT2D eigenvalue weighted by molar-refractivity contribution is 0.0593. The van der Waals surface area contributed by atoms with Gasteiger partial charge in [-0.25, -0.2) is 0 Å². The molecule has 0 N–H and O–H groups in total. The quantitative estimate of drug-likeness (QED) is 0.107. The summed E-state index contributed by atoms with van der Waals surface area (Å²) in [6.07, 6.45) is 3.31. The monoisotopic (exact) mass is 795 g/mol. The van der Waals surface area contributed by atoms with Gasteiger partial charge in [-0.3, -0.25) is 29.0 Å². The van der Waals surface area contributed by atoms with Gasteiger partial charge in [-0.1, -0.05) is 92.8 Å². The van der Waals surface area contributed by atoms with Crippen LogP contribution in [-0.4, -0.2) is 46.5 Å². The molecule has 7 aromatic carbocycles. The first-order chi connectivity index (χ1) is 29.9. The predicted octanol–water partition coefficient (Wildman–Crippen LogP) is 11.1. The smallest absolute Gasteiger partial charge is 0.261 e. The SMILES string of the molecule is CCCCN1C(=O)c2cccc3c(C#Cc4ccc(N(c5ccccc5)c5ccc(C#Cc6ccc7c8c(cccc68)C(=O)N(CCCC)C7=O)cc5)cc4)ccc(c23)C1=O. The first-order valence-electron chi connectivity index (χ1n) is 20.8. The third kappa shape index (κ3) is 7.11. The highest BCUT2D eigenvalue weighted by Crippen LogP contribution is 2.36. The van der Waals surface area contributed by atoms with Crippen LogP contribution in [0.5, 0.6) is 0 Å². The molecular formula is C54H41N3O4. The second-order valence-corrected chi connectivity index (χ2v) is 15.3. The van der Waals surface area contributed by atoms with Crippen LogP contribution in [0.15, 0.2) is 140 Å². The highest BCUT2D eigenvalue weighted by atomic mass is 16.2. The Morgan fingerprint density at radius 1 is 0.410 bits per heavy atom. The molecular weight excluding hydrogens is 755 g/mol. The molecule has 0 aliphatic carbocycles. The minimum absolute atomic E-state index is 0.250. The molecule has 296 valence electrons. The molecule has 0 radical (unpaired) electrons. The lowest BCUT2D eigenvalue weighted by Crippen LogP contribution is -2.40. The van der Waals surface area contributed by atoms with Crippen molar-refractivity contribution in [3.63, 3.8) is 0 Å². The van der Waals surface area contributed by atoms with Crippen molar-refractivity contribution in [1.29, 1.82) is 0 Å². The number of carbonyl (C=O) groups is 4. The summed E-state index contributed by atoms with van der Waals surface area (Å²) in [5.41, 5.74) is 8.19. The summed E-state index contributed by atoms with van der Waals surface area (Å²) < 4.78 is 0. The molecule has 0 fully saturated rings. The van der Waals surface area contributed by atoms with Crippen molar-refractivity contribution in [2.24, 2.45) is 0 Å². The van der Waals surface area contributed by atoms with Crippen LogP contribution < -0.4 is 4.90 Å². The molecule has 0 saturated carbocycles. The summed E-state index contributed by atoms with van der Waals surface area (Å²) in [6, 6.07) is 44.8. The van der Waals surface area contributed by atoms with Crippen LogP contribution in [0.2, 0.25) is 0 Å². The van der Waals surface area contributed by atoms with Crippen molar-refractivity contribution in [2.45, 2.75) is 39.5 Å². The third-order valence-corrected chi connectivity index (χ3v) is 11.4. The number of imide groups is 2. The normalized spacial score (nSPS) is 13.0. The van der Waals surface area contributed by atoms with Crippen LogP contribution in [0.3, 0.4) is 0 Å². The average molecular weight is 796 g/mol. The van der Waals surface area contributed by atoms with Crippen LogP contribution in [-0.2, 0) is 0 Å². The highest BCUT2D eigenvalue weighted by Gasteiger charge is 2.34. The molecule has 7 aromatic rings. The Bertz CT molecular complexity index is 2810. The number of carbonyl (C=O) groups excluding carboxylic acids is 4. The van der Waals surface area contributed by atoms with E-state index in [9.17, 15) is 19.2 Å². The van der Waals surface area contributed by atoms with Crippen molar-refractivity contribution in [2.75, 3.05) is 18.0 Å². The van der Waals surface area contributed by atoms with Crippen LogP contribution in [0, 0.1) is 23.7 Å². The van der Waals surface area contributed by atoms with Crippen molar-refractivity contribution < 1.29 is 19.2 Å². The average Bonchev–Trinajstić information content (AvgIpc) is 3.30. The maximum absolute atomic E-state index is 13.4. The van der Waals surface area contributed by atoms with Crippen LogP contribution in [0.25, 0.3) is 21.5 Å². The van der Waals surface area contributed by atoms with Crippen molar-refractivity contribution in [1.82, 2.24) is 9.80 Å². The summed E-state index contributed by atoms with van der Waals surface area (Å²) >= 11 is 0. The zero-order chi connectivity index (χ0) is 42.0. The Morgan fingerprint density at radius 2 is 0.803 bits per heavy atom. The van der Waals surface area contributed by atoms with Crippen LogP contribution >= 0.6 is 0 Å². The molecule has 2 heterocycles. The highest BCUT2D eigenvalue weighted by molar-refractivity contribution is 6.27. The van der Waals surface area contributed by atoms with Gasteiger partial charge >= 0.3 is 0 Å². The van der Waals surface area contributed by atoms with Gasteiger partial charge in [-0.15, -0.1) is 0 Å². The number of nitrogens with zero attached hydrogens (tertiary/aromatic N) is 3. The fourth-order valence-corrected chi connectivity index (χ4v) is 8.24. The van der Waals surface area contributed by atoms with Crippen LogP contribution in [0.4, 0.5) is 17.1 Å². The number of hydrogen-bond donors (Lipinski definition) is 0. The Balaban J connectivity index is 0.980. The maximum Gasteiger partial charge on any atom is 0.261 e. The first-order valence-corrected chi connectivity index (χ1v) is 20.8. The fourth-order valence-electron chi connectivity index (χ4n) is 8.24. The second kappa shape index (κ2) is 16.5. The topological polar surface area (TPSA) is 78.0 Å². The van der Waals surface area contributed by atoms with Crippen LogP contribution in [0.1, 0.15) is 103 Å². The molecule has 7 heteroatoms. The summed E-state index contributed by atoms with van der Waals surface area (Å²) in [5.74, 6) is 12.2. The Labute approximate surface area is 355 Å². The molecule has 0 aromatic heterocycles. The van der Waals surface area contributed by atoms with Gasteiger partial charge in [-0.05, 0) is 121 Å². The van der Waals surface area contributed by atoms with Gasteiger partial charge in [-0.2, -0.15) is 0 Å². The molecule has 2 aliphatic rings. The van der Waals surface area contributed by atoms with Gasteiger partial charge in [0.25, 0.3) is 23.6 Å². The number of unbranched alkanes of at least 4 members (excludes halogenated alkanes) is 2. The Hall–Kier alpha value is -7.74. The van der Waals surface area contributed by atoms with E-state index < -0.39 is 0 Å². The second-order valence-electron chi connectivity index (χ2n) is 15.3. The summed E-state index contributed by atoms with van der Waals surface area (Å²) in [4.78, 5) is 58.3. The largest absolute Gasteiger partial charge is 0.311 e. The molecule has 0 saturated heterocycles. The fraction of sp³-hybridized carbons (Fsp3) is 0.148. The molecule has 61 heavy (non-hydrogen) atoms. The zero-order valence-electron chi connectivity index (χ0n) is 34.0. The van der Waals surface area contributed by atoms with E-state index in [0.29, 0.717) is 46.1 Å². The number of rotatable bonds is 9. The van der Waals surface area contributed by atoms with E-state index >= 15 is 0 Å². The zero-order valence-corrected chi connectivity index (χ0v) is 34.0. The molecule has 4 amide bonds. The maximum atomic E-state index is 13.4. The Kier molecular flexibility index (Phi) is 10.5. The van der Waals surface area contributed by atoms with E-state index in [-0.39, 0.29) is 23.6 Å². The van der Waals surface area contributed by atoms with Gasteiger partial charge in [0, 0.05) is 85.4 Å². The Morgan fingerprint density at radius 3 is 1.21 bits per heavy atom. The summed E-state index contributed by atoms with van der Waals surface area (Å²) in [6.45, 7) is 4.90. The lowest BCUT2D eigenvalue weighted by Gasteiger charge is -2.27. The van der Waals surface area contributed by atoms with Gasteiger partial charge in [0.05, 0.1) is 0 Å². The van der Waals surface area contributed by atoms with Crippen molar-refractivity contribution in [3.05, 3.63) is 184 Å². The number of anilines is 3. The molecule has 0 unspecified atom stereocenters. The van der Waals surface area contributed by atoms with E-state index in [1.807, 2.05) is 117 Å². The van der Waals surface area contributed by atoms with Gasteiger partial charge in [0.1, 0.15) is 0 Å². The standard InChI is InChI=1S/C54H41N3O4/c1-3-5-34-55-51(58)45-16-10-14-43-38(26-32-47(49(43)45)53(55)60)24-18-36-20-28-41(29-21-36)57(40-12-8-7-9-13-40)42-30-22-37(23-31-42)19-25-39-27-33-48-50-44(39)15-11-17-46(50)52(59)56(54(48)61)35-6-4-2/h7-17,20-23,26-33H,3-6,34-35H2,1-2H3. The van der Waals surface area contributed by atoms with Crippen molar-refractivity contribution >= 4 is 62.2 Å². The summed E-state index contributed by atoms with van der Waals surface area (Å²) in [7, 11) is 0. The van der Waals surface area contributed by atoms with Gasteiger partial charge < -0.3 is 4.90 Å².